The second-order valence-electron chi connectivity index (χ2n) is 4.46. The first kappa shape index (κ1) is 16.0. The average molecular weight is 320 g/mol. The normalized spacial score (nSPS) is 12.6. The Kier molecular flexibility index (Phi) is 4.79. The molecule has 0 aliphatic heterocycles. The van der Waals surface area contributed by atoms with Gasteiger partial charge in [-0.1, -0.05) is 30.3 Å². The van der Waals surface area contributed by atoms with Gasteiger partial charge in [-0.3, -0.25) is 0 Å². The van der Waals surface area contributed by atoms with E-state index in [4.69, 9.17) is 4.74 Å². The summed E-state index contributed by atoms with van der Waals surface area (Å²) in [5.74, 6) is -1.03. The molecular formula is C15H14NO5S-. The van der Waals surface area contributed by atoms with E-state index in [1.165, 1.54) is 43.5 Å². The fourth-order valence-corrected chi connectivity index (χ4v) is 3.05. The van der Waals surface area contributed by atoms with Crippen molar-refractivity contribution in [3.05, 3.63) is 60.2 Å². The third-order valence-electron chi connectivity index (χ3n) is 3.01. The number of hydrogen-bond donors (Lipinski definition) is 1. The van der Waals surface area contributed by atoms with E-state index in [1.54, 1.807) is 18.2 Å². The number of nitrogens with one attached hydrogen (secondary N) is 1. The molecule has 0 heterocycles. The summed E-state index contributed by atoms with van der Waals surface area (Å²) < 4.78 is 31.6. The number of methoxy groups -OCH3 is 1. The molecule has 2 aromatic rings. The number of carboxylic acids is 1. The molecule has 0 fully saturated rings. The molecule has 1 atom stereocenters. The van der Waals surface area contributed by atoms with Crippen LogP contribution >= 0.6 is 0 Å². The van der Waals surface area contributed by atoms with Gasteiger partial charge in [-0.05, 0) is 29.8 Å². The Morgan fingerprint density at radius 3 is 2.18 bits per heavy atom. The molecular weight excluding hydrogens is 306 g/mol. The molecule has 2 rings (SSSR count). The molecule has 0 bridgehead atoms. The third-order valence-corrected chi connectivity index (χ3v) is 4.45. The highest BCUT2D eigenvalue weighted by atomic mass is 32.2. The number of carbonyl (C=O) groups is 1. The Bertz CT molecular complexity index is 741. The van der Waals surface area contributed by atoms with Crippen LogP contribution in [0.4, 0.5) is 0 Å². The number of benzene rings is 2. The minimum atomic E-state index is -4.00. The van der Waals surface area contributed by atoms with Crippen molar-refractivity contribution in [2.45, 2.75) is 10.9 Å². The van der Waals surface area contributed by atoms with E-state index in [9.17, 15) is 18.3 Å². The number of rotatable bonds is 6. The summed E-state index contributed by atoms with van der Waals surface area (Å²) in [5, 5.41) is 11.3. The van der Waals surface area contributed by atoms with E-state index in [0.29, 0.717) is 11.3 Å². The van der Waals surface area contributed by atoms with Gasteiger partial charge in [-0.15, -0.1) is 0 Å². The number of carboxylic acid groups (broad SMARTS) is 1. The number of sulfonamides is 1. The van der Waals surface area contributed by atoms with E-state index in [0.717, 1.165) is 0 Å². The SMILES string of the molecule is COc1ccc(S(=O)(=O)NC(C(=O)[O-])c2ccccc2)cc1. The monoisotopic (exact) mass is 320 g/mol. The molecule has 22 heavy (non-hydrogen) atoms. The van der Waals surface area contributed by atoms with Gasteiger partial charge in [-0.2, -0.15) is 4.72 Å². The van der Waals surface area contributed by atoms with Crippen LogP contribution in [0.25, 0.3) is 0 Å². The van der Waals surface area contributed by atoms with E-state index in [-0.39, 0.29) is 4.90 Å². The summed E-state index contributed by atoms with van der Waals surface area (Å²) in [7, 11) is -2.54. The van der Waals surface area contributed by atoms with Crippen LogP contribution in [0.15, 0.2) is 59.5 Å². The summed E-state index contributed by atoms with van der Waals surface area (Å²) in [6.07, 6.45) is 0. The molecule has 0 spiro atoms. The Morgan fingerprint density at radius 2 is 1.68 bits per heavy atom. The van der Waals surface area contributed by atoms with Crippen molar-refractivity contribution in [1.82, 2.24) is 4.72 Å². The highest BCUT2D eigenvalue weighted by molar-refractivity contribution is 7.89. The molecule has 0 aliphatic rings. The molecule has 2 aromatic carbocycles. The quantitative estimate of drug-likeness (QED) is 0.834. The maximum Gasteiger partial charge on any atom is 0.241 e. The highest BCUT2D eigenvalue weighted by Crippen LogP contribution is 2.19. The van der Waals surface area contributed by atoms with Crippen LogP contribution < -0.4 is 14.6 Å². The summed E-state index contributed by atoms with van der Waals surface area (Å²) in [6.45, 7) is 0. The first-order valence-corrected chi connectivity index (χ1v) is 7.84. The molecule has 0 aliphatic carbocycles. The van der Waals surface area contributed by atoms with Crippen molar-refractivity contribution in [3.63, 3.8) is 0 Å². The van der Waals surface area contributed by atoms with E-state index < -0.39 is 22.0 Å². The van der Waals surface area contributed by atoms with Crippen molar-refractivity contribution < 1.29 is 23.1 Å². The lowest BCUT2D eigenvalue weighted by Crippen LogP contribution is -2.41. The largest absolute Gasteiger partial charge is 0.548 e. The maximum atomic E-state index is 12.3. The van der Waals surface area contributed by atoms with Crippen LogP contribution in [-0.2, 0) is 14.8 Å². The molecule has 6 nitrogen and oxygen atoms in total. The molecule has 1 N–H and O–H groups in total. The van der Waals surface area contributed by atoms with E-state index in [2.05, 4.69) is 4.72 Å². The van der Waals surface area contributed by atoms with Gasteiger partial charge >= 0.3 is 0 Å². The predicted octanol–water partition coefficient (Wildman–Crippen LogP) is 0.465. The Hall–Kier alpha value is -2.38. The lowest BCUT2D eigenvalue weighted by Gasteiger charge is -2.20. The van der Waals surface area contributed by atoms with Gasteiger partial charge in [0.25, 0.3) is 0 Å². The maximum absolute atomic E-state index is 12.3. The average Bonchev–Trinajstić information content (AvgIpc) is 2.53. The molecule has 0 aromatic heterocycles. The van der Waals surface area contributed by atoms with Crippen LogP contribution in [0.1, 0.15) is 11.6 Å². The van der Waals surface area contributed by atoms with Crippen molar-refractivity contribution in [2.75, 3.05) is 7.11 Å². The Labute approximate surface area is 128 Å². The van der Waals surface area contributed by atoms with Gasteiger partial charge < -0.3 is 14.6 Å². The van der Waals surface area contributed by atoms with Gasteiger partial charge in [-0.25, -0.2) is 8.42 Å². The van der Waals surface area contributed by atoms with Gasteiger partial charge in [0.1, 0.15) is 5.75 Å². The summed E-state index contributed by atoms with van der Waals surface area (Å²) in [4.78, 5) is 11.2. The van der Waals surface area contributed by atoms with Crippen LogP contribution in [-0.4, -0.2) is 21.5 Å². The summed E-state index contributed by atoms with van der Waals surface area (Å²) >= 11 is 0. The zero-order chi connectivity index (χ0) is 16.2. The summed E-state index contributed by atoms with van der Waals surface area (Å²) in [5.41, 5.74) is 0.291. The zero-order valence-corrected chi connectivity index (χ0v) is 12.5. The fraction of sp³-hybridized carbons (Fsp3) is 0.133. The molecule has 0 saturated heterocycles. The van der Waals surface area contributed by atoms with Gasteiger partial charge in [0, 0.05) is 0 Å². The van der Waals surface area contributed by atoms with Crippen molar-refractivity contribution >= 4 is 16.0 Å². The van der Waals surface area contributed by atoms with Crippen LogP contribution in [0.2, 0.25) is 0 Å². The van der Waals surface area contributed by atoms with Crippen molar-refractivity contribution in [2.24, 2.45) is 0 Å². The number of carbonyl (C=O) groups excluding carboxylic acids is 1. The Balaban J connectivity index is 2.30. The van der Waals surface area contributed by atoms with Crippen LogP contribution in [0.3, 0.4) is 0 Å². The van der Waals surface area contributed by atoms with Crippen molar-refractivity contribution in [3.8, 4) is 5.75 Å². The summed E-state index contributed by atoms with van der Waals surface area (Å²) in [6, 6.07) is 12.1. The van der Waals surface area contributed by atoms with Gasteiger partial charge in [0.2, 0.25) is 10.0 Å². The van der Waals surface area contributed by atoms with Crippen molar-refractivity contribution in [1.29, 1.82) is 0 Å². The molecule has 0 amide bonds. The number of ether oxygens (including phenoxy) is 1. The lowest BCUT2D eigenvalue weighted by atomic mass is 10.1. The number of aliphatic carboxylic acids is 1. The minimum Gasteiger partial charge on any atom is -0.548 e. The topological polar surface area (TPSA) is 95.5 Å². The lowest BCUT2D eigenvalue weighted by molar-refractivity contribution is -0.308. The molecule has 7 heteroatoms. The minimum absolute atomic E-state index is 0.0597. The predicted molar refractivity (Wildman–Crippen MR) is 77.5 cm³/mol. The zero-order valence-electron chi connectivity index (χ0n) is 11.7. The second-order valence-corrected chi connectivity index (χ2v) is 6.17. The Morgan fingerprint density at radius 1 is 1.09 bits per heavy atom. The van der Waals surface area contributed by atoms with Gasteiger partial charge in [0.05, 0.1) is 24.0 Å². The van der Waals surface area contributed by atoms with Crippen LogP contribution in [0.5, 0.6) is 5.75 Å². The molecule has 0 saturated carbocycles. The second kappa shape index (κ2) is 6.59. The fourth-order valence-electron chi connectivity index (χ4n) is 1.88. The van der Waals surface area contributed by atoms with E-state index >= 15 is 0 Å². The number of hydrogen-bond acceptors (Lipinski definition) is 5. The first-order valence-electron chi connectivity index (χ1n) is 6.36. The highest BCUT2D eigenvalue weighted by Gasteiger charge is 2.22. The smallest absolute Gasteiger partial charge is 0.241 e. The first-order chi connectivity index (χ1) is 10.4. The molecule has 116 valence electrons. The third kappa shape index (κ3) is 3.63. The van der Waals surface area contributed by atoms with E-state index in [1.807, 2.05) is 0 Å². The molecule has 1 unspecified atom stereocenters. The van der Waals surface area contributed by atoms with Crippen LogP contribution in [0, 0.1) is 0 Å². The van der Waals surface area contributed by atoms with Gasteiger partial charge in [0.15, 0.2) is 0 Å². The standard InChI is InChI=1S/C15H15NO5S/c1-21-12-7-9-13(10-8-12)22(19,20)16-14(15(17)18)11-5-3-2-4-6-11/h2-10,14,16H,1H3,(H,17,18)/p-1. The molecule has 0 radical (unpaired) electrons.